The molecule has 0 atom stereocenters. The number of hydrogen-bond acceptors (Lipinski definition) is 4. The van der Waals surface area contributed by atoms with Crippen molar-refractivity contribution in [2.24, 2.45) is 5.92 Å². The lowest BCUT2D eigenvalue weighted by atomic mass is 9.88. The zero-order valence-corrected chi connectivity index (χ0v) is 16.7. The van der Waals surface area contributed by atoms with Crippen LogP contribution in [0, 0.1) is 19.8 Å². The SMILES string of the molecule is Cc1ccc2sc(N(CCN(C)C)C(=O)C3CCCCC3)nc2c1C. The Labute approximate surface area is 154 Å². The molecule has 4 nitrogen and oxygen atoms in total. The van der Waals surface area contributed by atoms with Gasteiger partial charge in [0.25, 0.3) is 0 Å². The number of fused-ring (bicyclic) bond motifs is 1. The van der Waals surface area contributed by atoms with Crippen molar-refractivity contribution < 1.29 is 4.79 Å². The van der Waals surface area contributed by atoms with Gasteiger partial charge in [0.05, 0.1) is 10.2 Å². The normalized spacial score (nSPS) is 15.9. The van der Waals surface area contributed by atoms with Gasteiger partial charge in [0.1, 0.15) is 0 Å². The summed E-state index contributed by atoms with van der Waals surface area (Å²) in [5, 5.41) is 0.862. The predicted octanol–water partition coefficient (Wildman–Crippen LogP) is 4.39. The first-order chi connectivity index (χ1) is 12.0. The van der Waals surface area contributed by atoms with Gasteiger partial charge >= 0.3 is 0 Å². The lowest BCUT2D eigenvalue weighted by Gasteiger charge is -2.28. The van der Waals surface area contributed by atoms with E-state index < -0.39 is 0 Å². The monoisotopic (exact) mass is 359 g/mol. The number of aryl methyl sites for hydroxylation is 2. The molecule has 1 heterocycles. The highest BCUT2D eigenvalue weighted by atomic mass is 32.1. The summed E-state index contributed by atoms with van der Waals surface area (Å²) < 4.78 is 1.17. The van der Waals surface area contributed by atoms with Crippen LogP contribution < -0.4 is 4.90 Å². The number of anilines is 1. The Kier molecular flexibility index (Phi) is 5.74. The van der Waals surface area contributed by atoms with Gasteiger partial charge in [-0.2, -0.15) is 0 Å². The zero-order valence-electron chi connectivity index (χ0n) is 15.8. The quantitative estimate of drug-likeness (QED) is 0.794. The summed E-state index contributed by atoms with van der Waals surface area (Å²) in [6.07, 6.45) is 5.67. The number of nitrogens with zero attached hydrogens (tertiary/aromatic N) is 3. The van der Waals surface area contributed by atoms with Gasteiger partial charge in [0.15, 0.2) is 5.13 Å². The Bertz CT molecular complexity index is 747. The largest absolute Gasteiger partial charge is 0.308 e. The van der Waals surface area contributed by atoms with Gasteiger partial charge in [0.2, 0.25) is 5.91 Å². The van der Waals surface area contributed by atoms with Gasteiger partial charge in [-0.05, 0) is 58.0 Å². The maximum atomic E-state index is 13.2. The number of rotatable bonds is 5. The van der Waals surface area contributed by atoms with Crippen molar-refractivity contribution in [3.8, 4) is 0 Å². The fourth-order valence-corrected chi connectivity index (χ4v) is 4.56. The summed E-state index contributed by atoms with van der Waals surface area (Å²) in [7, 11) is 4.10. The molecule has 1 saturated carbocycles. The molecule has 1 aliphatic carbocycles. The average molecular weight is 360 g/mol. The van der Waals surface area contributed by atoms with Crippen LogP contribution in [-0.2, 0) is 4.79 Å². The third-order valence-corrected chi connectivity index (χ3v) is 6.34. The lowest BCUT2D eigenvalue weighted by Crippen LogP contribution is -2.41. The highest BCUT2D eigenvalue weighted by molar-refractivity contribution is 7.22. The number of carbonyl (C=O) groups excluding carboxylic acids is 1. The van der Waals surface area contributed by atoms with Crippen LogP contribution in [-0.4, -0.2) is 43.0 Å². The second-order valence-electron chi connectivity index (χ2n) is 7.48. The molecular weight excluding hydrogens is 330 g/mol. The van der Waals surface area contributed by atoms with Crippen LogP contribution in [0.4, 0.5) is 5.13 Å². The number of hydrogen-bond donors (Lipinski definition) is 0. The van der Waals surface area contributed by atoms with E-state index in [1.54, 1.807) is 11.3 Å². The van der Waals surface area contributed by atoms with Crippen molar-refractivity contribution in [1.29, 1.82) is 0 Å². The first-order valence-electron chi connectivity index (χ1n) is 9.30. The van der Waals surface area contributed by atoms with E-state index in [0.717, 1.165) is 30.0 Å². The van der Waals surface area contributed by atoms with E-state index in [-0.39, 0.29) is 11.8 Å². The van der Waals surface area contributed by atoms with Gasteiger partial charge in [0, 0.05) is 19.0 Å². The molecule has 0 radical (unpaired) electrons. The van der Waals surface area contributed by atoms with Crippen LogP contribution >= 0.6 is 11.3 Å². The lowest BCUT2D eigenvalue weighted by molar-refractivity contribution is -0.123. The zero-order chi connectivity index (χ0) is 18.0. The van der Waals surface area contributed by atoms with Gasteiger partial charge in [-0.3, -0.25) is 9.69 Å². The molecule has 1 aromatic carbocycles. The van der Waals surface area contributed by atoms with Crippen molar-refractivity contribution in [3.05, 3.63) is 23.3 Å². The molecule has 1 amide bonds. The maximum Gasteiger partial charge on any atom is 0.231 e. The first-order valence-corrected chi connectivity index (χ1v) is 10.1. The van der Waals surface area contributed by atoms with Crippen LogP contribution in [0.5, 0.6) is 0 Å². The topological polar surface area (TPSA) is 36.4 Å². The van der Waals surface area contributed by atoms with Gasteiger partial charge in [-0.15, -0.1) is 0 Å². The molecule has 1 aliphatic rings. The summed E-state index contributed by atoms with van der Waals surface area (Å²) in [4.78, 5) is 22.2. The third kappa shape index (κ3) is 4.04. The minimum atomic E-state index is 0.172. The van der Waals surface area contributed by atoms with Crippen LogP contribution in [0.2, 0.25) is 0 Å². The Morgan fingerprint density at radius 1 is 1.16 bits per heavy atom. The predicted molar refractivity (Wildman–Crippen MR) is 107 cm³/mol. The van der Waals surface area contributed by atoms with E-state index in [2.05, 4.69) is 45.0 Å². The summed E-state index contributed by atoms with van der Waals surface area (Å²) in [6, 6.07) is 4.28. The van der Waals surface area contributed by atoms with Crippen molar-refractivity contribution >= 4 is 32.6 Å². The highest BCUT2D eigenvalue weighted by Crippen LogP contribution is 2.34. The molecule has 0 bridgehead atoms. The van der Waals surface area contributed by atoms with Crippen LogP contribution in [0.1, 0.15) is 43.2 Å². The standard InChI is InChI=1S/C20H29N3OS/c1-14-10-11-17-18(15(14)2)21-20(25-17)23(13-12-22(3)4)19(24)16-8-6-5-7-9-16/h10-11,16H,5-9,12-13H2,1-4H3. The molecule has 1 fully saturated rings. The molecule has 0 aliphatic heterocycles. The molecule has 0 spiro atoms. The van der Waals surface area contributed by atoms with Crippen molar-refractivity contribution in [2.75, 3.05) is 32.1 Å². The molecule has 1 aromatic heterocycles. The number of benzene rings is 1. The van der Waals surface area contributed by atoms with Crippen LogP contribution in [0.25, 0.3) is 10.2 Å². The number of likely N-dealkylation sites (N-methyl/N-ethyl adjacent to an activating group) is 1. The van der Waals surface area contributed by atoms with Crippen molar-refractivity contribution in [1.82, 2.24) is 9.88 Å². The number of carbonyl (C=O) groups is 1. The van der Waals surface area contributed by atoms with E-state index in [1.807, 2.05) is 4.90 Å². The second-order valence-corrected chi connectivity index (χ2v) is 8.49. The second kappa shape index (κ2) is 7.83. The Balaban J connectivity index is 1.93. The number of amides is 1. The number of thiazole rings is 1. The minimum Gasteiger partial charge on any atom is -0.308 e. The molecule has 25 heavy (non-hydrogen) atoms. The summed E-state index contributed by atoms with van der Waals surface area (Å²) in [6.45, 7) is 5.80. The van der Waals surface area contributed by atoms with E-state index in [1.165, 1.54) is 35.1 Å². The molecule has 3 rings (SSSR count). The molecule has 136 valence electrons. The Morgan fingerprint density at radius 3 is 2.56 bits per heavy atom. The van der Waals surface area contributed by atoms with Gasteiger partial charge in [-0.25, -0.2) is 4.98 Å². The van der Waals surface area contributed by atoms with Crippen LogP contribution in [0.3, 0.4) is 0 Å². The summed E-state index contributed by atoms with van der Waals surface area (Å²) >= 11 is 1.65. The average Bonchev–Trinajstić information content (AvgIpc) is 3.03. The molecule has 0 unspecified atom stereocenters. The molecule has 2 aromatic rings. The van der Waals surface area contributed by atoms with E-state index in [0.29, 0.717) is 6.54 Å². The van der Waals surface area contributed by atoms with Gasteiger partial charge in [-0.1, -0.05) is 36.7 Å². The van der Waals surface area contributed by atoms with Crippen molar-refractivity contribution in [3.63, 3.8) is 0 Å². The summed E-state index contributed by atoms with van der Waals surface area (Å²) in [5.74, 6) is 0.445. The fraction of sp³-hybridized carbons (Fsp3) is 0.600. The first kappa shape index (κ1) is 18.3. The van der Waals surface area contributed by atoms with E-state index >= 15 is 0 Å². The number of aromatic nitrogens is 1. The maximum absolute atomic E-state index is 13.2. The molecule has 0 N–H and O–H groups in total. The van der Waals surface area contributed by atoms with Crippen LogP contribution in [0.15, 0.2) is 12.1 Å². The Hall–Kier alpha value is -1.46. The molecule has 0 saturated heterocycles. The Morgan fingerprint density at radius 2 is 1.88 bits per heavy atom. The highest BCUT2D eigenvalue weighted by Gasteiger charge is 2.28. The third-order valence-electron chi connectivity index (χ3n) is 5.30. The van der Waals surface area contributed by atoms with Crippen molar-refractivity contribution in [2.45, 2.75) is 46.0 Å². The molecule has 5 heteroatoms. The van der Waals surface area contributed by atoms with E-state index in [9.17, 15) is 4.79 Å². The minimum absolute atomic E-state index is 0.172. The molecular formula is C20H29N3OS. The van der Waals surface area contributed by atoms with Gasteiger partial charge < -0.3 is 4.90 Å². The smallest absolute Gasteiger partial charge is 0.231 e. The fourth-order valence-electron chi connectivity index (χ4n) is 3.50. The van der Waals surface area contributed by atoms with E-state index in [4.69, 9.17) is 4.98 Å². The summed E-state index contributed by atoms with van der Waals surface area (Å²) in [5.41, 5.74) is 3.52.